The van der Waals surface area contributed by atoms with Crippen molar-refractivity contribution in [1.29, 1.82) is 0 Å². The Morgan fingerprint density at radius 2 is 2.10 bits per heavy atom. The van der Waals surface area contributed by atoms with E-state index >= 15 is 0 Å². The standard InChI is InChI=1S/C9H17N/c1-9(5-6-9)8-4-2-3-7-10-8/h8,10H,2-7H2,1H3. The van der Waals surface area contributed by atoms with Gasteiger partial charge in [0.2, 0.25) is 0 Å². The average molecular weight is 139 g/mol. The molecular formula is C9H17N. The SMILES string of the molecule is CC1(C2CCCCN2)CC1. The van der Waals surface area contributed by atoms with Crippen LogP contribution in [0.3, 0.4) is 0 Å². The summed E-state index contributed by atoms with van der Waals surface area (Å²) >= 11 is 0. The van der Waals surface area contributed by atoms with E-state index in [4.69, 9.17) is 0 Å². The van der Waals surface area contributed by atoms with Crippen LogP contribution in [0.1, 0.15) is 39.0 Å². The first-order valence-electron chi connectivity index (χ1n) is 4.55. The molecule has 10 heavy (non-hydrogen) atoms. The summed E-state index contributed by atoms with van der Waals surface area (Å²) in [5, 5.41) is 3.62. The summed E-state index contributed by atoms with van der Waals surface area (Å²) in [6, 6.07) is 0.862. The number of piperidine rings is 1. The summed E-state index contributed by atoms with van der Waals surface area (Å²) in [5.41, 5.74) is 0.709. The van der Waals surface area contributed by atoms with Crippen LogP contribution in [0, 0.1) is 5.41 Å². The van der Waals surface area contributed by atoms with Crippen molar-refractivity contribution in [3.63, 3.8) is 0 Å². The van der Waals surface area contributed by atoms with E-state index in [1.807, 2.05) is 0 Å². The molecule has 0 bridgehead atoms. The van der Waals surface area contributed by atoms with Gasteiger partial charge in [0.1, 0.15) is 0 Å². The van der Waals surface area contributed by atoms with E-state index in [-0.39, 0.29) is 0 Å². The van der Waals surface area contributed by atoms with Crippen LogP contribution in [-0.2, 0) is 0 Å². The fourth-order valence-corrected chi connectivity index (χ4v) is 1.99. The monoisotopic (exact) mass is 139 g/mol. The molecule has 0 aromatic carbocycles. The topological polar surface area (TPSA) is 12.0 Å². The Hall–Kier alpha value is -0.0400. The summed E-state index contributed by atoms with van der Waals surface area (Å²) in [7, 11) is 0. The molecule has 1 atom stereocenters. The maximum absolute atomic E-state index is 3.62. The molecule has 0 spiro atoms. The van der Waals surface area contributed by atoms with Crippen LogP contribution in [0.15, 0.2) is 0 Å². The third-order valence-electron chi connectivity index (χ3n) is 3.19. The molecule has 1 heterocycles. The molecular weight excluding hydrogens is 122 g/mol. The molecule has 58 valence electrons. The minimum atomic E-state index is 0.709. The summed E-state index contributed by atoms with van der Waals surface area (Å²) in [6.07, 6.45) is 7.20. The second kappa shape index (κ2) is 2.23. The Balaban J connectivity index is 1.91. The highest BCUT2D eigenvalue weighted by molar-refractivity contribution is 4.99. The van der Waals surface area contributed by atoms with Gasteiger partial charge < -0.3 is 5.32 Å². The number of rotatable bonds is 1. The molecule has 1 heteroatoms. The van der Waals surface area contributed by atoms with E-state index < -0.39 is 0 Å². The maximum Gasteiger partial charge on any atom is 0.0121 e. The lowest BCUT2D eigenvalue weighted by atomic mass is 9.91. The molecule has 1 nitrogen and oxygen atoms in total. The summed E-state index contributed by atoms with van der Waals surface area (Å²) < 4.78 is 0. The summed E-state index contributed by atoms with van der Waals surface area (Å²) in [4.78, 5) is 0. The smallest absolute Gasteiger partial charge is 0.0121 e. The highest BCUT2D eigenvalue weighted by Gasteiger charge is 2.44. The molecule has 1 aliphatic heterocycles. The van der Waals surface area contributed by atoms with E-state index in [2.05, 4.69) is 12.2 Å². The number of hydrogen-bond acceptors (Lipinski definition) is 1. The Bertz CT molecular complexity index is 121. The fraction of sp³-hybridized carbons (Fsp3) is 1.00. The van der Waals surface area contributed by atoms with Crippen LogP contribution < -0.4 is 5.32 Å². The zero-order valence-electron chi connectivity index (χ0n) is 6.82. The van der Waals surface area contributed by atoms with Gasteiger partial charge in [-0.25, -0.2) is 0 Å². The average Bonchev–Trinajstić information content (AvgIpc) is 2.72. The van der Waals surface area contributed by atoms with Crippen molar-refractivity contribution in [2.45, 2.75) is 45.1 Å². The van der Waals surface area contributed by atoms with Crippen molar-refractivity contribution >= 4 is 0 Å². The van der Waals surface area contributed by atoms with Crippen molar-refractivity contribution in [2.75, 3.05) is 6.54 Å². The van der Waals surface area contributed by atoms with Gasteiger partial charge in [-0.1, -0.05) is 13.3 Å². The normalized spacial score (nSPS) is 37.5. The molecule has 2 aliphatic rings. The second-order valence-corrected chi connectivity index (χ2v) is 4.16. The van der Waals surface area contributed by atoms with Gasteiger partial charge in [0.25, 0.3) is 0 Å². The minimum Gasteiger partial charge on any atom is -0.313 e. The van der Waals surface area contributed by atoms with E-state index in [0.29, 0.717) is 5.41 Å². The fourth-order valence-electron chi connectivity index (χ4n) is 1.99. The highest BCUT2D eigenvalue weighted by Crippen LogP contribution is 2.49. The van der Waals surface area contributed by atoms with Gasteiger partial charge in [-0.2, -0.15) is 0 Å². The lowest BCUT2D eigenvalue weighted by Gasteiger charge is -2.28. The Morgan fingerprint density at radius 3 is 2.60 bits per heavy atom. The highest BCUT2D eigenvalue weighted by atomic mass is 15.0. The molecule has 1 unspecified atom stereocenters. The molecule has 0 radical (unpaired) electrons. The van der Waals surface area contributed by atoms with Crippen LogP contribution in [0.4, 0.5) is 0 Å². The van der Waals surface area contributed by atoms with E-state index in [9.17, 15) is 0 Å². The number of nitrogens with one attached hydrogen (secondary N) is 1. The Kier molecular flexibility index (Phi) is 1.48. The van der Waals surface area contributed by atoms with Crippen LogP contribution in [0.25, 0.3) is 0 Å². The molecule has 2 fully saturated rings. The van der Waals surface area contributed by atoms with Crippen LogP contribution in [0.5, 0.6) is 0 Å². The van der Waals surface area contributed by atoms with Gasteiger partial charge >= 0.3 is 0 Å². The summed E-state index contributed by atoms with van der Waals surface area (Å²) in [6.45, 7) is 3.69. The maximum atomic E-state index is 3.62. The third-order valence-corrected chi connectivity index (χ3v) is 3.19. The van der Waals surface area contributed by atoms with Gasteiger partial charge in [0.05, 0.1) is 0 Å². The van der Waals surface area contributed by atoms with Crippen LogP contribution in [-0.4, -0.2) is 12.6 Å². The summed E-state index contributed by atoms with van der Waals surface area (Å²) in [5.74, 6) is 0. The third kappa shape index (κ3) is 1.07. The minimum absolute atomic E-state index is 0.709. The predicted octanol–water partition coefficient (Wildman–Crippen LogP) is 1.93. The Labute approximate surface area is 63.2 Å². The van der Waals surface area contributed by atoms with Crippen molar-refractivity contribution in [3.05, 3.63) is 0 Å². The second-order valence-electron chi connectivity index (χ2n) is 4.16. The molecule has 2 rings (SSSR count). The predicted molar refractivity (Wildman–Crippen MR) is 43.0 cm³/mol. The first kappa shape index (κ1) is 6.66. The van der Waals surface area contributed by atoms with E-state index in [0.717, 1.165) is 6.04 Å². The zero-order chi connectivity index (χ0) is 7.03. The van der Waals surface area contributed by atoms with Crippen molar-refractivity contribution in [1.82, 2.24) is 5.32 Å². The van der Waals surface area contributed by atoms with Gasteiger partial charge in [-0.3, -0.25) is 0 Å². The molecule has 0 aromatic heterocycles. The quantitative estimate of drug-likeness (QED) is 0.585. The first-order chi connectivity index (χ1) is 4.81. The van der Waals surface area contributed by atoms with Gasteiger partial charge in [0, 0.05) is 6.04 Å². The first-order valence-corrected chi connectivity index (χ1v) is 4.55. The lowest BCUT2D eigenvalue weighted by Crippen LogP contribution is -2.39. The molecule has 1 aliphatic carbocycles. The van der Waals surface area contributed by atoms with E-state index in [1.54, 1.807) is 0 Å². The largest absolute Gasteiger partial charge is 0.313 e. The van der Waals surface area contributed by atoms with Crippen molar-refractivity contribution in [3.8, 4) is 0 Å². The van der Waals surface area contributed by atoms with Crippen LogP contribution >= 0.6 is 0 Å². The zero-order valence-corrected chi connectivity index (χ0v) is 6.82. The molecule has 0 amide bonds. The number of hydrogen-bond donors (Lipinski definition) is 1. The molecule has 0 aromatic rings. The van der Waals surface area contributed by atoms with Crippen LogP contribution in [0.2, 0.25) is 0 Å². The van der Waals surface area contributed by atoms with E-state index in [1.165, 1.54) is 38.6 Å². The van der Waals surface area contributed by atoms with Gasteiger partial charge in [-0.15, -0.1) is 0 Å². The molecule has 1 N–H and O–H groups in total. The molecule has 1 saturated heterocycles. The van der Waals surface area contributed by atoms with Crippen molar-refractivity contribution in [2.24, 2.45) is 5.41 Å². The van der Waals surface area contributed by atoms with Crippen molar-refractivity contribution < 1.29 is 0 Å². The Morgan fingerprint density at radius 1 is 1.30 bits per heavy atom. The van der Waals surface area contributed by atoms with Gasteiger partial charge in [-0.05, 0) is 37.6 Å². The van der Waals surface area contributed by atoms with Gasteiger partial charge in [0.15, 0.2) is 0 Å². The molecule has 1 saturated carbocycles. The lowest BCUT2D eigenvalue weighted by molar-refractivity contribution is 0.294.